The van der Waals surface area contributed by atoms with E-state index >= 15 is 0 Å². The van der Waals surface area contributed by atoms with Crippen molar-refractivity contribution in [2.24, 2.45) is 5.73 Å². The molecular formula is C11H11ClF3NO. The Morgan fingerprint density at radius 3 is 2.35 bits per heavy atom. The van der Waals surface area contributed by atoms with Crippen LogP contribution >= 0.6 is 11.6 Å². The molecule has 2 nitrogen and oxygen atoms in total. The fourth-order valence-electron chi connectivity index (χ4n) is 1.72. The molecule has 6 heteroatoms. The van der Waals surface area contributed by atoms with Crippen molar-refractivity contribution < 1.29 is 17.9 Å². The van der Waals surface area contributed by atoms with E-state index in [4.69, 9.17) is 22.1 Å². The van der Waals surface area contributed by atoms with E-state index in [0.29, 0.717) is 18.4 Å². The van der Waals surface area contributed by atoms with Crippen LogP contribution in [0.4, 0.5) is 13.2 Å². The van der Waals surface area contributed by atoms with Crippen molar-refractivity contribution in [1.82, 2.24) is 0 Å². The summed E-state index contributed by atoms with van der Waals surface area (Å²) in [6.45, 7) is 0. The van der Waals surface area contributed by atoms with E-state index in [1.807, 2.05) is 0 Å². The molecule has 0 bridgehead atoms. The highest BCUT2D eigenvalue weighted by Crippen LogP contribution is 2.48. The number of hydrogen-bond acceptors (Lipinski definition) is 2. The predicted octanol–water partition coefficient (Wildman–Crippen LogP) is 3.32. The number of rotatable bonds is 2. The Kier molecular flexibility index (Phi) is 2.78. The lowest BCUT2D eigenvalue weighted by atomic mass is 10.0. The second kappa shape index (κ2) is 3.78. The van der Waals surface area contributed by atoms with Gasteiger partial charge in [-0.05, 0) is 30.5 Å². The standard InChI is InChI=1S/C11H11ClF3NO/c1-17-9-7(11(13,14)15)4-6(5-8(9)12)10(16)2-3-10/h4-5H,2-3,16H2,1H3. The van der Waals surface area contributed by atoms with E-state index in [9.17, 15) is 13.2 Å². The monoisotopic (exact) mass is 265 g/mol. The molecular weight excluding hydrogens is 255 g/mol. The second-order valence-corrected chi connectivity index (χ2v) is 4.60. The van der Waals surface area contributed by atoms with Gasteiger partial charge in [-0.15, -0.1) is 0 Å². The fourth-order valence-corrected chi connectivity index (χ4v) is 2.02. The molecule has 0 amide bonds. The highest BCUT2D eigenvalue weighted by molar-refractivity contribution is 6.32. The third-order valence-corrected chi connectivity index (χ3v) is 3.20. The summed E-state index contributed by atoms with van der Waals surface area (Å²) in [6, 6.07) is 2.47. The lowest BCUT2D eigenvalue weighted by Gasteiger charge is -2.17. The highest BCUT2D eigenvalue weighted by atomic mass is 35.5. The molecule has 2 N–H and O–H groups in total. The second-order valence-electron chi connectivity index (χ2n) is 4.19. The maximum absolute atomic E-state index is 12.8. The largest absolute Gasteiger partial charge is 0.495 e. The Labute approximate surface area is 102 Å². The number of halogens is 4. The first-order valence-corrected chi connectivity index (χ1v) is 5.40. The van der Waals surface area contributed by atoms with Crippen LogP contribution in [0.15, 0.2) is 12.1 Å². The number of ether oxygens (including phenoxy) is 1. The minimum atomic E-state index is -4.50. The van der Waals surface area contributed by atoms with Crippen molar-refractivity contribution in [3.8, 4) is 5.75 Å². The molecule has 1 aliphatic carbocycles. The van der Waals surface area contributed by atoms with Crippen LogP contribution in [0.5, 0.6) is 5.75 Å². The topological polar surface area (TPSA) is 35.2 Å². The molecule has 1 saturated carbocycles. The van der Waals surface area contributed by atoms with Crippen LogP contribution in [-0.4, -0.2) is 7.11 Å². The number of benzene rings is 1. The molecule has 0 heterocycles. The maximum Gasteiger partial charge on any atom is 0.420 e. The number of nitrogens with two attached hydrogens (primary N) is 1. The molecule has 1 aromatic rings. The zero-order valence-corrected chi connectivity index (χ0v) is 9.82. The fraction of sp³-hybridized carbons (Fsp3) is 0.455. The van der Waals surface area contributed by atoms with Crippen LogP contribution in [-0.2, 0) is 11.7 Å². The van der Waals surface area contributed by atoms with Gasteiger partial charge in [0.15, 0.2) is 0 Å². The van der Waals surface area contributed by atoms with Gasteiger partial charge in [0.2, 0.25) is 0 Å². The zero-order chi connectivity index (χ0) is 12.8. The van der Waals surface area contributed by atoms with Gasteiger partial charge in [0.1, 0.15) is 5.75 Å². The first-order chi connectivity index (χ1) is 7.78. The molecule has 1 fully saturated rings. The molecule has 0 atom stereocenters. The lowest BCUT2D eigenvalue weighted by Crippen LogP contribution is -2.20. The van der Waals surface area contributed by atoms with Crippen LogP contribution in [0.25, 0.3) is 0 Å². The summed E-state index contributed by atoms with van der Waals surface area (Å²) in [6.07, 6.45) is -3.16. The Hall–Kier alpha value is -0.940. The van der Waals surface area contributed by atoms with Crippen molar-refractivity contribution in [3.05, 3.63) is 28.3 Å². The molecule has 0 radical (unpaired) electrons. The SMILES string of the molecule is COc1c(Cl)cc(C2(N)CC2)cc1C(F)(F)F. The van der Waals surface area contributed by atoms with E-state index in [1.54, 1.807) is 0 Å². The van der Waals surface area contributed by atoms with Gasteiger partial charge in [0.05, 0.1) is 17.7 Å². The molecule has 1 aromatic carbocycles. The molecule has 0 saturated heterocycles. The average Bonchev–Trinajstić information content (AvgIpc) is 2.95. The lowest BCUT2D eigenvalue weighted by molar-refractivity contribution is -0.138. The number of alkyl halides is 3. The quantitative estimate of drug-likeness (QED) is 0.890. The van der Waals surface area contributed by atoms with Gasteiger partial charge in [0, 0.05) is 5.54 Å². The molecule has 0 spiro atoms. The van der Waals surface area contributed by atoms with Crippen LogP contribution in [0.2, 0.25) is 5.02 Å². The Balaban J connectivity index is 2.58. The molecule has 0 aliphatic heterocycles. The van der Waals surface area contributed by atoms with Gasteiger partial charge in [-0.25, -0.2) is 0 Å². The third kappa shape index (κ3) is 2.21. The van der Waals surface area contributed by atoms with Gasteiger partial charge < -0.3 is 10.5 Å². The van der Waals surface area contributed by atoms with E-state index < -0.39 is 17.3 Å². The zero-order valence-electron chi connectivity index (χ0n) is 9.07. The van der Waals surface area contributed by atoms with E-state index in [2.05, 4.69) is 0 Å². The smallest absolute Gasteiger partial charge is 0.420 e. The van der Waals surface area contributed by atoms with E-state index in [1.165, 1.54) is 6.07 Å². The molecule has 0 unspecified atom stereocenters. The van der Waals surface area contributed by atoms with Crippen LogP contribution in [0.3, 0.4) is 0 Å². The summed E-state index contributed by atoms with van der Waals surface area (Å²) in [4.78, 5) is 0. The number of hydrogen-bond donors (Lipinski definition) is 1. The van der Waals surface area contributed by atoms with Crippen molar-refractivity contribution in [2.75, 3.05) is 7.11 Å². The number of methoxy groups -OCH3 is 1. The van der Waals surface area contributed by atoms with Crippen LogP contribution in [0, 0.1) is 0 Å². The summed E-state index contributed by atoms with van der Waals surface area (Å²) in [5, 5.41) is -0.0611. The van der Waals surface area contributed by atoms with Gasteiger partial charge in [-0.1, -0.05) is 11.6 Å². The Morgan fingerprint density at radius 1 is 1.35 bits per heavy atom. The van der Waals surface area contributed by atoms with Gasteiger partial charge >= 0.3 is 6.18 Å². The highest BCUT2D eigenvalue weighted by Gasteiger charge is 2.43. The molecule has 2 rings (SSSR count). The van der Waals surface area contributed by atoms with Gasteiger partial charge in [0.25, 0.3) is 0 Å². The Morgan fingerprint density at radius 2 is 1.94 bits per heavy atom. The predicted molar refractivity (Wildman–Crippen MR) is 58.1 cm³/mol. The summed E-state index contributed by atoms with van der Waals surface area (Å²) in [7, 11) is 1.16. The molecule has 0 aromatic heterocycles. The summed E-state index contributed by atoms with van der Waals surface area (Å²) < 4.78 is 43.2. The minimum Gasteiger partial charge on any atom is -0.495 e. The van der Waals surface area contributed by atoms with E-state index in [0.717, 1.165) is 13.2 Å². The molecule has 17 heavy (non-hydrogen) atoms. The third-order valence-electron chi connectivity index (χ3n) is 2.92. The summed E-state index contributed by atoms with van der Waals surface area (Å²) >= 11 is 5.79. The van der Waals surface area contributed by atoms with Crippen molar-refractivity contribution in [3.63, 3.8) is 0 Å². The Bertz CT molecular complexity index is 455. The van der Waals surface area contributed by atoms with Crippen molar-refractivity contribution in [2.45, 2.75) is 24.6 Å². The normalized spacial score (nSPS) is 18.0. The van der Waals surface area contributed by atoms with Gasteiger partial charge in [-0.3, -0.25) is 0 Å². The average molecular weight is 266 g/mol. The maximum atomic E-state index is 12.8. The van der Waals surface area contributed by atoms with E-state index in [-0.39, 0.29) is 10.8 Å². The first kappa shape index (κ1) is 12.5. The van der Waals surface area contributed by atoms with Gasteiger partial charge in [-0.2, -0.15) is 13.2 Å². The summed E-state index contributed by atoms with van der Waals surface area (Å²) in [5.41, 5.74) is 4.75. The van der Waals surface area contributed by atoms with Crippen LogP contribution in [0.1, 0.15) is 24.0 Å². The van der Waals surface area contributed by atoms with Crippen molar-refractivity contribution >= 4 is 11.6 Å². The molecule has 94 valence electrons. The summed E-state index contributed by atoms with van der Waals surface area (Å²) in [5.74, 6) is -0.354. The van der Waals surface area contributed by atoms with Crippen LogP contribution < -0.4 is 10.5 Å². The van der Waals surface area contributed by atoms with Crippen molar-refractivity contribution in [1.29, 1.82) is 0 Å². The minimum absolute atomic E-state index is 0.0611. The molecule has 1 aliphatic rings. The first-order valence-electron chi connectivity index (χ1n) is 5.02.